The summed E-state index contributed by atoms with van der Waals surface area (Å²) < 4.78 is 5.09. The standard InChI is InChI=1S/C9H21NO2/c1-5-9(3,7-11)10-6-8(2)12-4/h8,10-11H,5-7H2,1-4H3. The molecule has 2 N–H and O–H groups in total. The first kappa shape index (κ1) is 11.9. The van der Waals surface area contributed by atoms with Gasteiger partial charge >= 0.3 is 0 Å². The number of rotatable bonds is 6. The van der Waals surface area contributed by atoms with Gasteiger partial charge in [-0.2, -0.15) is 0 Å². The van der Waals surface area contributed by atoms with Gasteiger partial charge in [0, 0.05) is 19.2 Å². The fraction of sp³-hybridized carbons (Fsp3) is 1.00. The first-order chi connectivity index (χ1) is 5.58. The summed E-state index contributed by atoms with van der Waals surface area (Å²) in [6.45, 7) is 7.01. The van der Waals surface area contributed by atoms with Crippen LogP contribution < -0.4 is 5.32 Å². The van der Waals surface area contributed by atoms with Crippen LogP contribution in [0.2, 0.25) is 0 Å². The summed E-state index contributed by atoms with van der Waals surface area (Å²) in [4.78, 5) is 0. The van der Waals surface area contributed by atoms with Crippen molar-refractivity contribution < 1.29 is 9.84 Å². The highest BCUT2D eigenvalue weighted by atomic mass is 16.5. The number of hydrogen-bond acceptors (Lipinski definition) is 3. The van der Waals surface area contributed by atoms with Gasteiger partial charge in [-0.25, -0.2) is 0 Å². The SMILES string of the molecule is CCC(C)(CO)NCC(C)OC. The van der Waals surface area contributed by atoms with E-state index < -0.39 is 0 Å². The smallest absolute Gasteiger partial charge is 0.0667 e. The Kier molecular flexibility index (Phi) is 5.46. The van der Waals surface area contributed by atoms with Crippen molar-refractivity contribution >= 4 is 0 Å². The van der Waals surface area contributed by atoms with Gasteiger partial charge in [0.05, 0.1) is 12.7 Å². The van der Waals surface area contributed by atoms with E-state index >= 15 is 0 Å². The van der Waals surface area contributed by atoms with Gasteiger partial charge < -0.3 is 15.2 Å². The van der Waals surface area contributed by atoms with Crippen LogP contribution in [-0.2, 0) is 4.74 Å². The van der Waals surface area contributed by atoms with Crippen LogP contribution in [0, 0.1) is 0 Å². The van der Waals surface area contributed by atoms with Crippen molar-refractivity contribution in [3.8, 4) is 0 Å². The largest absolute Gasteiger partial charge is 0.394 e. The Morgan fingerprint density at radius 1 is 1.58 bits per heavy atom. The van der Waals surface area contributed by atoms with Crippen LogP contribution in [0.3, 0.4) is 0 Å². The second-order valence-corrected chi connectivity index (χ2v) is 3.50. The third-order valence-electron chi connectivity index (χ3n) is 2.35. The molecule has 3 nitrogen and oxygen atoms in total. The van der Waals surface area contributed by atoms with E-state index in [1.54, 1.807) is 7.11 Å². The van der Waals surface area contributed by atoms with Crippen molar-refractivity contribution in [1.82, 2.24) is 5.32 Å². The van der Waals surface area contributed by atoms with Crippen molar-refractivity contribution in [2.24, 2.45) is 0 Å². The number of methoxy groups -OCH3 is 1. The highest BCUT2D eigenvalue weighted by Gasteiger charge is 2.20. The van der Waals surface area contributed by atoms with Crippen LogP contribution in [0.15, 0.2) is 0 Å². The molecule has 0 aliphatic rings. The molecule has 0 heterocycles. The lowest BCUT2D eigenvalue weighted by atomic mass is 10.0. The lowest BCUT2D eigenvalue weighted by molar-refractivity contribution is 0.0948. The zero-order valence-electron chi connectivity index (χ0n) is 8.55. The van der Waals surface area contributed by atoms with Crippen molar-refractivity contribution in [3.05, 3.63) is 0 Å². The summed E-state index contributed by atoms with van der Waals surface area (Å²) in [5.74, 6) is 0. The van der Waals surface area contributed by atoms with Gasteiger partial charge in [-0.05, 0) is 20.3 Å². The Balaban J connectivity index is 3.72. The topological polar surface area (TPSA) is 41.5 Å². The van der Waals surface area contributed by atoms with Crippen LogP contribution in [0.1, 0.15) is 27.2 Å². The molecule has 0 radical (unpaired) electrons. The van der Waals surface area contributed by atoms with Crippen molar-refractivity contribution in [3.63, 3.8) is 0 Å². The second-order valence-electron chi connectivity index (χ2n) is 3.50. The van der Waals surface area contributed by atoms with E-state index in [2.05, 4.69) is 12.2 Å². The molecule has 0 aliphatic heterocycles. The molecule has 0 aromatic carbocycles. The van der Waals surface area contributed by atoms with E-state index in [1.165, 1.54) is 0 Å². The Bertz CT molecular complexity index is 113. The van der Waals surface area contributed by atoms with Crippen molar-refractivity contribution in [2.45, 2.75) is 38.8 Å². The summed E-state index contributed by atoms with van der Waals surface area (Å²) in [6, 6.07) is 0. The van der Waals surface area contributed by atoms with Crippen molar-refractivity contribution in [2.75, 3.05) is 20.3 Å². The third-order valence-corrected chi connectivity index (χ3v) is 2.35. The number of hydrogen-bond donors (Lipinski definition) is 2. The minimum absolute atomic E-state index is 0.160. The van der Waals surface area contributed by atoms with Crippen LogP contribution >= 0.6 is 0 Å². The molecule has 74 valence electrons. The molecule has 0 bridgehead atoms. The summed E-state index contributed by atoms with van der Waals surface area (Å²) in [5, 5.41) is 12.3. The Morgan fingerprint density at radius 2 is 2.17 bits per heavy atom. The van der Waals surface area contributed by atoms with E-state index in [4.69, 9.17) is 9.84 Å². The normalized spacial score (nSPS) is 18.8. The highest BCUT2D eigenvalue weighted by molar-refractivity contribution is 4.80. The van der Waals surface area contributed by atoms with E-state index in [-0.39, 0.29) is 18.2 Å². The van der Waals surface area contributed by atoms with Gasteiger partial charge in [0.25, 0.3) is 0 Å². The molecule has 2 unspecified atom stereocenters. The molecule has 0 spiro atoms. The van der Waals surface area contributed by atoms with Crippen LogP contribution in [0.4, 0.5) is 0 Å². The minimum Gasteiger partial charge on any atom is -0.394 e. The molecule has 0 saturated carbocycles. The quantitative estimate of drug-likeness (QED) is 0.626. The van der Waals surface area contributed by atoms with Crippen LogP contribution in [0.5, 0.6) is 0 Å². The highest BCUT2D eigenvalue weighted by Crippen LogP contribution is 2.07. The Labute approximate surface area is 75.1 Å². The van der Waals surface area contributed by atoms with Gasteiger partial charge in [0.1, 0.15) is 0 Å². The van der Waals surface area contributed by atoms with E-state index in [1.807, 2.05) is 13.8 Å². The molecule has 3 heteroatoms. The molecule has 2 atom stereocenters. The lowest BCUT2D eigenvalue weighted by Gasteiger charge is -2.28. The van der Waals surface area contributed by atoms with E-state index in [0.717, 1.165) is 13.0 Å². The Hall–Kier alpha value is -0.120. The van der Waals surface area contributed by atoms with Gasteiger partial charge in [-0.15, -0.1) is 0 Å². The first-order valence-electron chi connectivity index (χ1n) is 4.46. The fourth-order valence-corrected chi connectivity index (χ4v) is 0.766. The maximum absolute atomic E-state index is 9.07. The number of aliphatic hydroxyl groups is 1. The average molecular weight is 175 g/mol. The molecule has 12 heavy (non-hydrogen) atoms. The molecule has 0 amide bonds. The predicted molar refractivity (Wildman–Crippen MR) is 50.3 cm³/mol. The molecule has 0 fully saturated rings. The average Bonchev–Trinajstić information content (AvgIpc) is 2.13. The number of ether oxygens (including phenoxy) is 1. The van der Waals surface area contributed by atoms with Crippen molar-refractivity contribution in [1.29, 1.82) is 0 Å². The number of aliphatic hydroxyl groups excluding tert-OH is 1. The van der Waals surface area contributed by atoms with Gasteiger partial charge in [0.15, 0.2) is 0 Å². The minimum atomic E-state index is -0.160. The van der Waals surface area contributed by atoms with Gasteiger partial charge in [0.2, 0.25) is 0 Å². The zero-order valence-corrected chi connectivity index (χ0v) is 8.55. The molecular weight excluding hydrogens is 154 g/mol. The second kappa shape index (κ2) is 5.51. The maximum atomic E-state index is 9.07. The summed E-state index contributed by atoms with van der Waals surface area (Å²) >= 11 is 0. The number of nitrogens with one attached hydrogen (secondary N) is 1. The van der Waals surface area contributed by atoms with Gasteiger partial charge in [-0.3, -0.25) is 0 Å². The molecule has 0 saturated heterocycles. The monoisotopic (exact) mass is 175 g/mol. The van der Waals surface area contributed by atoms with Crippen LogP contribution in [0.25, 0.3) is 0 Å². The summed E-state index contributed by atoms with van der Waals surface area (Å²) in [6.07, 6.45) is 1.11. The molecule has 0 rings (SSSR count). The third kappa shape index (κ3) is 4.04. The van der Waals surface area contributed by atoms with Gasteiger partial charge in [-0.1, -0.05) is 6.92 Å². The predicted octanol–water partition coefficient (Wildman–Crippen LogP) is 0.772. The Morgan fingerprint density at radius 3 is 2.50 bits per heavy atom. The molecular formula is C9H21NO2. The first-order valence-corrected chi connectivity index (χ1v) is 4.46. The fourth-order valence-electron chi connectivity index (χ4n) is 0.766. The lowest BCUT2D eigenvalue weighted by Crippen LogP contribution is -2.48. The van der Waals surface area contributed by atoms with E-state index in [9.17, 15) is 0 Å². The molecule has 0 aliphatic carbocycles. The molecule has 0 aromatic rings. The summed E-state index contributed by atoms with van der Waals surface area (Å²) in [7, 11) is 1.69. The maximum Gasteiger partial charge on any atom is 0.0667 e. The zero-order chi connectivity index (χ0) is 9.61. The summed E-state index contributed by atoms with van der Waals surface area (Å²) in [5.41, 5.74) is -0.160. The van der Waals surface area contributed by atoms with Crippen LogP contribution in [-0.4, -0.2) is 37.0 Å². The molecule has 0 aromatic heterocycles. The van der Waals surface area contributed by atoms with E-state index in [0.29, 0.717) is 0 Å².